The molecule has 2 heterocycles. The van der Waals surface area contributed by atoms with E-state index in [9.17, 15) is 4.79 Å². The van der Waals surface area contributed by atoms with Crippen molar-refractivity contribution in [1.82, 2.24) is 19.9 Å². The Morgan fingerprint density at radius 2 is 2.39 bits per heavy atom. The maximum atomic E-state index is 12.1. The summed E-state index contributed by atoms with van der Waals surface area (Å²) in [6.45, 7) is 0.654. The maximum absolute atomic E-state index is 12.1. The van der Waals surface area contributed by atoms with Crippen LogP contribution in [0.3, 0.4) is 0 Å². The van der Waals surface area contributed by atoms with E-state index in [-0.39, 0.29) is 5.91 Å². The van der Waals surface area contributed by atoms with Crippen LogP contribution in [0.2, 0.25) is 0 Å². The molecule has 2 aromatic rings. The van der Waals surface area contributed by atoms with Crippen LogP contribution in [0.15, 0.2) is 24.8 Å². The van der Waals surface area contributed by atoms with Crippen molar-refractivity contribution in [3.05, 3.63) is 30.4 Å². The van der Waals surface area contributed by atoms with Crippen molar-refractivity contribution in [2.24, 2.45) is 5.92 Å². The van der Waals surface area contributed by atoms with E-state index >= 15 is 0 Å². The van der Waals surface area contributed by atoms with E-state index in [1.165, 1.54) is 12.8 Å². The summed E-state index contributed by atoms with van der Waals surface area (Å²) in [7, 11) is 0. The van der Waals surface area contributed by atoms with Crippen LogP contribution in [-0.4, -0.2) is 31.9 Å². The Labute approximate surface area is 113 Å². The quantitative estimate of drug-likeness (QED) is 0.873. The van der Waals surface area contributed by atoms with E-state index in [0.29, 0.717) is 16.9 Å². The topological polar surface area (TPSA) is 59.3 Å². The van der Waals surface area contributed by atoms with Crippen LogP contribution >= 0.6 is 15.9 Å². The van der Waals surface area contributed by atoms with Gasteiger partial charge in [0, 0.05) is 23.8 Å². The second-order valence-electron chi connectivity index (χ2n) is 4.53. The fraction of sp³-hybridized carbons (Fsp3) is 0.417. The lowest BCUT2D eigenvalue weighted by molar-refractivity contribution is 0.0955. The first-order valence-corrected chi connectivity index (χ1v) is 6.87. The van der Waals surface area contributed by atoms with Gasteiger partial charge in [-0.1, -0.05) is 15.9 Å². The number of rotatable bonds is 4. The third kappa shape index (κ3) is 2.25. The van der Waals surface area contributed by atoms with Gasteiger partial charge in [0.05, 0.1) is 23.5 Å². The van der Waals surface area contributed by atoms with E-state index in [4.69, 9.17) is 0 Å². The van der Waals surface area contributed by atoms with E-state index in [2.05, 4.69) is 31.3 Å². The smallest absolute Gasteiger partial charge is 0.255 e. The van der Waals surface area contributed by atoms with Crippen molar-refractivity contribution in [2.45, 2.75) is 17.7 Å². The lowest BCUT2D eigenvalue weighted by Crippen LogP contribution is -2.30. The number of fused-ring (bicyclic) bond motifs is 1. The Bertz CT molecular complexity index is 578. The number of amides is 1. The minimum atomic E-state index is -0.0944. The number of carbonyl (C=O) groups excluding carboxylic acids is 1. The summed E-state index contributed by atoms with van der Waals surface area (Å²) in [4.78, 5) is 16.4. The number of carbonyl (C=O) groups is 1. The molecule has 0 bridgehead atoms. The molecule has 2 aromatic heterocycles. The molecule has 1 amide bonds. The molecule has 1 atom stereocenters. The highest BCUT2D eigenvalue weighted by Crippen LogP contribution is 2.36. The summed E-state index contributed by atoms with van der Waals surface area (Å²) in [5.41, 5.74) is 1.30. The largest absolute Gasteiger partial charge is 0.351 e. The number of nitrogens with one attached hydrogen (secondary N) is 1. The highest BCUT2D eigenvalue weighted by molar-refractivity contribution is 9.09. The normalized spacial score (nSPS) is 16.7. The number of halogens is 1. The number of hydrogen-bond acceptors (Lipinski definition) is 3. The van der Waals surface area contributed by atoms with Gasteiger partial charge in [-0.2, -0.15) is 5.10 Å². The summed E-state index contributed by atoms with van der Waals surface area (Å²) in [6.07, 6.45) is 9.10. The monoisotopic (exact) mass is 308 g/mol. The van der Waals surface area contributed by atoms with Crippen molar-refractivity contribution in [3.63, 3.8) is 0 Å². The zero-order valence-electron chi connectivity index (χ0n) is 9.71. The highest BCUT2D eigenvalue weighted by atomic mass is 79.9. The Kier molecular flexibility index (Phi) is 3.03. The molecule has 1 aliphatic carbocycles. The second-order valence-corrected chi connectivity index (χ2v) is 5.70. The molecule has 0 aliphatic heterocycles. The van der Waals surface area contributed by atoms with Gasteiger partial charge in [-0.05, 0) is 18.8 Å². The van der Waals surface area contributed by atoms with E-state index in [1.807, 2.05) is 0 Å². The van der Waals surface area contributed by atoms with Crippen LogP contribution in [-0.2, 0) is 0 Å². The fourth-order valence-corrected chi connectivity index (χ4v) is 2.61. The molecule has 0 radical (unpaired) electrons. The molecule has 3 rings (SSSR count). The van der Waals surface area contributed by atoms with Gasteiger partial charge in [-0.25, -0.2) is 4.52 Å². The minimum Gasteiger partial charge on any atom is -0.351 e. The second kappa shape index (κ2) is 4.68. The number of nitrogens with zero attached hydrogens (tertiary/aromatic N) is 3. The molecule has 94 valence electrons. The van der Waals surface area contributed by atoms with Crippen LogP contribution in [0, 0.1) is 5.92 Å². The Balaban J connectivity index is 1.71. The summed E-state index contributed by atoms with van der Waals surface area (Å²) < 4.78 is 1.65. The lowest BCUT2D eigenvalue weighted by Gasteiger charge is -2.09. The van der Waals surface area contributed by atoms with Crippen molar-refractivity contribution < 1.29 is 4.79 Å². The summed E-state index contributed by atoms with van der Waals surface area (Å²) in [5.74, 6) is 0.624. The number of hydrogen-bond donors (Lipinski definition) is 1. The van der Waals surface area contributed by atoms with Gasteiger partial charge in [0.1, 0.15) is 0 Å². The third-order valence-electron chi connectivity index (χ3n) is 3.16. The Morgan fingerprint density at radius 1 is 1.56 bits per heavy atom. The van der Waals surface area contributed by atoms with E-state index in [0.717, 1.165) is 11.4 Å². The number of alkyl halides is 1. The first-order chi connectivity index (χ1) is 8.75. The van der Waals surface area contributed by atoms with Crippen LogP contribution < -0.4 is 5.32 Å². The molecule has 1 aliphatic rings. The standard InChI is InChI=1S/C12H13BrN4O/c13-10(8-1-2-8)6-15-12(18)9-5-16-17-4-3-14-7-11(9)17/h3-5,7-8,10H,1-2,6H2,(H,15,18). The van der Waals surface area contributed by atoms with Crippen molar-refractivity contribution in [3.8, 4) is 0 Å². The molecule has 0 aromatic carbocycles. The number of aromatic nitrogens is 3. The SMILES string of the molecule is O=C(NCC(Br)C1CC1)c1cnn2ccncc12. The van der Waals surface area contributed by atoms with Gasteiger partial charge in [0.15, 0.2) is 0 Å². The zero-order valence-corrected chi connectivity index (χ0v) is 11.3. The average molecular weight is 309 g/mol. The third-order valence-corrected chi connectivity index (χ3v) is 4.23. The average Bonchev–Trinajstić information content (AvgIpc) is 3.15. The zero-order chi connectivity index (χ0) is 12.5. The van der Waals surface area contributed by atoms with Gasteiger partial charge in [-0.15, -0.1) is 0 Å². The first kappa shape index (κ1) is 11.6. The van der Waals surface area contributed by atoms with E-state index < -0.39 is 0 Å². The summed E-state index contributed by atoms with van der Waals surface area (Å²) in [5, 5.41) is 7.05. The molecular weight excluding hydrogens is 296 g/mol. The van der Waals surface area contributed by atoms with Gasteiger partial charge in [0.2, 0.25) is 0 Å². The molecule has 1 unspecified atom stereocenters. The fourth-order valence-electron chi connectivity index (χ4n) is 1.92. The van der Waals surface area contributed by atoms with Crippen LogP contribution in [0.1, 0.15) is 23.2 Å². The predicted molar refractivity (Wildman–Crippen MR) is 70.8 cm³/mol. The van der Waals surface area contributed by atoms with Gasteiger partial charge < -0.3 is 5.32 Å². The lowest BCUT2D eigenvalue weighted by atomic mass is 10.2. The minimum absolute atomic E-state index is 0.0944. The molecule has 0 saturated heterocycles. The molecule has 18 heavy (non-hydrogen) atoms. The van der Waals surface area contributed by atoms with Crippen LogP contribution in [0.25, 0.3) is 5.52 Å². The van der Waals surface area contributed by atoms with Gasteiger partial charge in [-0.3, -0.25) is 9.78 Å². The maximum Gasteiger partial charge on any atom is 0.255 e. The van der Waals surface area contributed by atoms with Crippen molar-refractivity contribution >= 4 is 27.4 Å². The van der Waals surface area contributed by atoms with E-state index in [1.54, 1.807) is 29.3 Å². The molecular formula is C12H13BrN4O. The Hall–Kier alpha value is -1.43. The summed E-state index contributed by atoms with van der Waals surface area (Å²) >= 11 is 3.60. The molecule has 1 fully saturated rings. The summed E-state index contributed by atoms with van der Waals surface area (Å²) in [6, 6.07) is 0. The van der Waals surface area contributed by atoms with Crippen molar-refractivity contribution in [1.29, 1.82) is 0 Å². The molecule has 6 heteroatoms. The molecule has 5 nitrogen and oxygen atoms in total. The van der Waals surface area contributed by atoms with Crippen LogP contribution in [0.5, 0.6) is 0 Å². The van der Waals surface area contributed by atoms with Gasteiger partial charge >= 0.3 is 0 Å². The van der Waals surface area contributed by atoms with Crippen molar-refractivity contribution in [2.75, 3.05) is 6.54 Å². The van der Waals surface area contributed by atoms with Crippen LogP contribution in [0.4, 0.5) is 0 Å². The first-order valence-electron chi connectivity index (χ1n) is 5.95. The highest BCUT2D eigenvalue weighted by Gasteiger charge is 2.29. The molecule has 1 N–H and O–H groups in total. The molecule has 0 spiro atoms. The van der Waals surface area contributed by atoms with Gasteiger partial charge in [0.25, 0.3) is 5.91 Å². The molecule has 1 saturated carbocycles. The Morgan fingerprint density at radius 3 is 3.17 bits per heavy atom. The predicted octanol–water partition coefficient (Wildman–Crippen LogP) is 1.63.